The van der Waals surface area contributed by atoms with Gasteiger partial charge in [0.1, 0.15) is 0 Å². The Morgan fingerprint density at radius 2 is 2.05 bits per heavy atom. The zero-order valence-electron chi connectivity index (χ0n) is 10.7. The molecule has 0 saturated carbocycles. The van der Waals surface area contributed by atoms with Gasteiger partial charge in [-0.2, -0.15) is 0 Å². The molecule has 6 heteroatoms. The molecule has 1 aliphatic rings. The number of rotatable bonds is 2. The first-order chi connectivity index (χ1) is 9.27. The molecule has 6 nitrogen and oxygen atoms in total. The van der Waals surface area contributed by atoms with Gasteiger partial charge in [-0.15, -0.1) is 5.10 Å². The summed E-state index contributed by atoms with van der Waals surface area (Å²) in [5, 5.41) is 11.4. The number of nitrogens with one attached hydrogen (secondary N) is 1. The first kappa shape index (κ1) is 11.9. The Balaban J connectivity index is 1.97. The molecule has 1 aromatic carbocycles. The van der Waals surface area contributed by atoms with Crippen LogP contribution in [0, 0.1) is 6.92 Å². The summed E-state index contributed by atoms with van der Waals surface area (Å²) >= 11 is 0. The minimum Gasteiger partial charge on any atom is -0.307 e. The maximum atomic E-state index is 11.9. The van der Waals surface area contributed by atoms with Crippen molar-refractivity contribution in [2.45, 2.75) is 6.92 Å². The van der Waals surface area contributed by atoms with E-state index in [0.717, 1.165) is 17.9 Å². The van der Waals surface area contributed by atoms with Gasteiger partial charge < -0.3 is 5.32 Å². The average molecular weight is 257 g/mol. The van der Waals surface area contributed by atoms with Gasteiger partial charge in [0.25, 0.3) is 0 Å². The van der Waals surface area contributed by atoms with Crippen LogP contribution in [0.25, 0.3) is 5.69 Å². The highest BCUT2D eigenvalue weighted by Crippen LogP contribution is 2.20. The Bertz CT molecular complexity index is 592. The third-order valence-electron chi connectivity index (χ3n) is 3.22. The Labute approximate surface area is 111 Å². The zero-order chi connectivity index (χ0) is 13.2. The number of para-hydroxylation sites is 1. The molecule has 2 aromatic rings. The molecule has 0 spiro atoms. The number of aromatic nitrogens is 3. The lowest BCUT2D eigenvalue weighted by atomic mass is 10.3. The minimum absolute atomic E-state index is 0.0365. The monoisotopic (exact) mass is 257 g/mol. The molecule has 1 aliphatic heterocycles. The fourth-order valence-electron chi connectivity index (χ4n) is 2.22. The molecule has 0 bridgehead atoms. The van der Waals surface area contributed by atoms with Crippen LogP contribution in [-0.4, -0.2) is 40.5 Å². The first-order valence-corrected chi connectivity index (χ1v) is 6.26. The van der Waals surface area contributed by atoms with Gasteiger partial charge in [-0.25, -0.2) is 4.68 Å². The van der Waals surface area contributed by atoms with Gasteiger partial charge in [-0.05, 0) is 19.1 Å². The van der Waals surface area contributed by atoms with Crippen LogP contribution in [-0.2, 0) is 4.79 Å². The number of piperazine rings is 1. The topological polar surface area (TPSA) is 63.1 Å². The summed E-state index contributed by atoms with van der Waals surface area (Å²) in [6.45, 7) is 3.70. The number of nitrogens with zero attached hydrogens (tertiary/aromatic N) is 4. The van der Waals surface area contributed by atoms with Gasteiger partial charge in [0.05, 0.1) is 17.9 Å². The Hall–Kier alpha value is -2.21. The molecule has 0 radical (unpaired) electrons. The Morgan fingerprint density at radius 3 is 2.79 bits per heavy atom. The number of amides is 1. The smallest absolute Gasteiger partial charge is 0.242 e. The van der Waals surface area contributed by atoms with Crippen molar-refractivity contribution in [2.75, 3.05) is 24.5 Å². The van der Waals surface area contributed by atoms with E-state index in [1.165, 1.54) is 0 Å². The third kappa shape index (κ3) is 2.10. The summed E-state index contributed by atoms with van der Waals surface area (Å²) in [5.41, 5.74) is 1.82. The van der Waals surface area contributed by atoms with Crippen LogP contribution in [0.4, 0.5) is 5.82 Å². The highest BCUT2D eigenvalue weighted by atomic mass is 16.2. The van der Waals surface area contributed by atoms with Crippen molar-refractivity contribution in [3.63, 3.8) is 0 Å². The molecular formula is C13H15N5O. The van der Waals surface area contributed by atoms with E-state index in [0.29, 0.717) is 18.9 Å². The van der Waals surface area contributed by atoms with Gasteiger partial charge in [0, 0.05) is 13.1 Å². The molecule has 3 rings (SSSR count). The lowest BCUT2D eigenvalue weighted by Gasteiger charge is -2.25. The van der Waals surface area contributed by atoms with E-state index in [4.69, 9.17) is 0 Å². The van der Waals surface area contributed by atoms with Crippen molar-refractivity contribution >= 4 is 11.7 Å². The number of anilines is 1. The van der Waals surface area contributed by atoms with E-state index in [1.54, 1.807) is 9.58 Å². The minimum atomic E-state index is 0.0365. The fourth-order valence-corrected chi connectivity index (χ4v) is 2.22. The maximum absolute atomic E-state index is 11.9. The van der Waals surface area contributed by atoms with Crippen LogP contribution < -0.4 is 10.2 Å². The SMILES string of the molecule is Cc1c(N2CCNCC2=O)nnn1-c1ccccc1. The van der Waals surface area contributed by atoms with Gasteiger partial charge in [-0.3, -0.25) is 9.69 Å². The average Bonchev–Trinajstić information content (AvgIpc) is 2.82. The molecule has 1 amide bonds. The van der Waals surface area contributed by atoms with Crippen molar-refractivity contribution in [3.8, 4) is 5.69 Å². The molecule has 1 aromatic heterocycles. The number of benzene rings is 1. The van der Waals surface area contributed by atoms with E-state index in [1.807, 2.05) is 37.3 Å². The molecule has 0 unspecified atom stereocenters. The van der Waals surface area contributed by atoms with Gasteiger partial charge in [0.2, 0.25) is 5.91 Å². The Kier molecular flexibility index (Phi) is 3.00. The van der Waals surface area contributed by atoms with Crippen molar-refractivity contribution < 1.29 is 4.79 Å². The molecular weight excluding hydrogens is 242 g/mol. The largest absolute Gasteiger partial charge is 0.307 e. The second-order valence-corrected chi connectivity index (χ2v) is 4.47. The lowest BCUT2D eigenvalue weighted by molar-refractivity contribution is -0.118. The van der Waals surface area contributed by atoms with Crippen LogP contribution in [0.3, 0.4) is 0 Å². The van der Waals surface area contributed by atoms with Crippen LogP contribution in [0.15, 0.2) is 30.3 Å². The highest BCUT2D eigenvalue weighted by Gasteiger charge is 2.24. The van der Waals surface area contributed by atoms with Gasteiger partial charge >= 0.3 is 0 Å². The number of hydrogen-bond acceptors (Lipinski definition) is 4. The van der Waals surface area contributed by atoms with Crippen molar-refractivity contribution in [2.24, 2.45) is 0 Å². The van der Waals surface area contributed by atoms with Crippen molar-refractivity contribution in [1.82, 2.24) is 20.3 Å². The predicted octanol–water partition coefficient (Wildman–Crippen LogP) is 0.512. The highest BCUT2D eigenvalue weighted by molar-refractivity contribution is 5.95. The summed E-state index contributed by atoms with van der Waals surface area (Å²) in [4.78, 5) is 13.6. The van der Waals surface area contributed by atoms with E-state index in [-0.39, 0.29) is 5.91 Å². The summed E-state index contributed by atoms with van der Waals surface area (Å²) < 4.78 is 1.75. The second-order valence-electron chi connectivity index (χ2n) is 4.47. The number of carbonyl (C=O) groups excluding carboxylic acids is 1. The summed E-state index contributed by atoms with van der Waals surface area (Å²) in [6, 6.07) is 9.78. The summed E-state index contributed by atoms with van der Waals surface area (Å²) in [6.07, 6.45) is 0. The third-order valence-corrected chi connectivity index (χ3v) is 3.22. The summed E-state index contributed by atoms with van der Waals surface area (Å²) in [7, 11) is 0. The normalized spacial score (nSPS) is 15.8. The Morgan fingerprint density at radius 1 is 1.26 bits per heavy atom. The van der Waals surface area contributed by atoms with Gasteiger partial charge in [-0.1, -0.05) is 23.4 Å². The maximum Gasteiger partial charge on any atom is 0.242 e. The zero-order valence-corrected chi connectivity index (χ0v) is 10.7. The van der Waals surface area contributed by atoms with Crippen LogP contribution in [0.2, 0.25) is 0 Å². The van der Waals surface area contributed by atoms with Gasteiger partial charge in [0.15, 0.2) is 5.82 Å². The molecule has 0 aliphatic carbocycles. The quantitative estimate of drug-likeness (QED) is 0.851. The van der Waals surface area contributed by atoms with E-state index in [2.05, 4.69) is 15.6 Å². The lowest BCUT2D eigenvalue weighted by Crippen LogP contribution is -2.48. The van der Waals surface area contributed by atoms with E-state index >= 15 is 0 Å². The standard InChI is InChI=1S/C13H15N5O/c1-10-13(17-8-7-14-9-12(17)19)15-16-18(10)11-5-3-2-4-6-11/h2-6,14H,7-9H2,1H3. The number of hydrogen-bond donors (Lipinski definition) is 1. The van der Waals surface area contributed by atoms with Crippen LogP contribution in [0.5, 0.6) is 0 Å². The van der Waals surface area contributed by atoms with Crippen LogP contribution in [0.1, 0.15) is 5.69 Å². The molecule has 1 fully saturated rings. The molecule has 2 heterocycles. The van der Waals surface area contributed by atoms with E-state index in [9.17, 15) is 4.79 Å². The van der Waals surface area contributed by atoms with Crippen LogP contribution >= 0.6 is 0 Å². The molecule has 0 atom stereocenters. The molecule has 1 saturated heterocycles. The first-order valence-electron chi connectivity index (χ1n) is 6.26. The van der Waals surface area contributed by atoms with E-state index < -0.39 is 0 Å². The number of carbonyl (C=O) groups is 1. The predicted molar refractivity (Wildman–Crippen MR) is 71.3 cm³/mol. The fraction of sp³-hybridized carbons (Fsp3) is 0.308. The molecule has 98 valence electrons. The van der Waals surface area contributed by atoms with Crippen molar-refractivity contribution in [1.29, 1.82) is 0 Å². The molecule has 1 N–H and O–H groups in total. The molecule has 19 heavy (non-hydrogen) atoms. The van der Waals surface area contributed by atoms with Crippen molar-refractivity contribution in [3.05, 3.63) is 36.0 Å². The second kappa shape index (κ2) is 4.81. The summed E-state index contributed by atoms with van der Waals surface area (Å²) in [5.74, 6) is 0.685.